The zero-order chi connectivity index (χ0) is 14.7. The van der Waals surface area contributed by atoms with Crippen molar-refractivity contribution in [3.8, 4) is 0 Å². The van der Waals surface area contributed by atoms with Crippen LogP contribution in [0.3, 0.4) is 0 Å². The van der Waals surface area contributed by atoms with Crippen LogP contribution in [-0.4, -0.2) is 28.2 Å². The van der Waals surface area contributed by atoms with Crippen molar-refractivity contribution in [3.63, 3.8) is 0 Å². The zero-order valence-corrected chi connectivity index (χ0v) is 12.5. The number of nitrogens with one attached hydrogen (secondary N) is 1. The Labute approximate surface area is 114 Å². The Balaban J connectivity index is 2.81. The molecule has 0 amide bonds. The summed E-state index contributed by atoms with van der Waals surface area (Å²) in [5, 5.41) is -0.911. The maximum absolute atomic E-state index is 11.6. The molecule has 0 aromatic heterocycles. The highest BCUT2D eigenvalue weighted by atomic mass is 32.3. The molecule has 0 bridgehead atoms. The number of rotatable bonds is 6. The predicted octanol–water partition coefficient (Wildman–Crippen LogP) is 0.128. The first-order chi connectivity index (χ1) is 8.63. The van der Waals surface area contributed by atoms with E-state index in [1.165, 1.54) is 0 Å². The quantitative estimate of drug-likeness (QED) is 0.777. The lowest BCUT2D eigenvalue weighted by Crippen LogP contribution is -2.31. The van der Waals surface area contributed by atoms with Crippen LogP contribution < -0.4 is 10.5 Å². The summed E-state index contributed by atoms with van der Waals surface area (Å²) >= 11 is 0. The van der Waals surface area contributed by atoms with Gasteiger partial charge in [0.15, 0.2) is 14.9 Å². The maximum Gasteiger partial charge on any atom is 0.226 e. The molecule has 0 aliphatic heterocycles. The molecule has 0 saturated carbocycles. The minimum absolute atomic E-state index is 0.411. The van der Waals surface area contributed by atoms with E-state index in [1.807, 2.05) is 0 Å². The van der Waals surface area contributed by atoms with Gasteiger partial charge in [-0.3, -0.25) is 0 Å². The summed E-state index contributed by atoms with van der Waals surface area (Å²) < 4.78 is 47.6. The van der Waals surface area contributed by atoms with Gasteiger partial charge in [-0.1, -0.05) is 24.3 Å². The van der Waals surface area contributed by atoms with Crippen molar-refractivity contribution < 1.29 is 16.8 Å². The van der Waals surface area contributed by atoms with E-state index in [4.69, 9.17) is 5.73 Å². The molecule has 0 fully saturated rings. The summed E-state index contributed by atoms with van der Waals surface area (Å²) in [7, 11) is -7.45. The van der Waals surface area contributed by atoms with Crippen molar-refractivity contribution in [2.45, 2.75) is 19.5 Å². The molecule has 1 aromatic rings. The van der Waals surface area contributed by atoms with Crippen LogP contribution in [0.4, 0.5) is 0 Å². The third-order valence-electron chi connectivity index (χ3n) is 2.44. The number of sulfonamides is 1. The van der Waals surface area contributed by atoms with E-state index in [9.17, 15) is 16.8 Å². The minimum atomic E-state index is -3.87. The van der Waals surface area contributed by atoms with Crippen LogP contribution in [0.1, 0.15) is 24.1 Å². The topological polar surface area (TPSA) is 106 Å². The fourth-order valence-electron chi connectivity index (χ4n) is 1.60. The maximum atomic E-state index is 11.6. The molecule has 108 valence electrons. The van der Waals surface area contributed by atoms with Crippen molar-refractivity contribution in [2.24, 2.45) is 5.73 Å². The second-order valence-corrected chi connectivity index (χ2v) is 8.70. The summed E-state index contributed by atoms with van der Waals surface area (Å²) in [6.07, 6.45) is 0.882. The van der Waals surface area contributed by atoms with Crippen molar-refractivity contribution in [1.29, 1.82) is 0 Å². The number of nitrogens with two attached hydrogens (primary N) is 1. The van der Waals surface area contributed by atoms with Gasteiger partial charge >= 0.3 is 0 Å². The molecular formula is C11H18N2O4S2. The van der Waals surface area contributed by atoms with Crippen molar-refractivity contribution in [3.05, 3.63) is 35.4 Å². The van der Waals surface area contributed by atoms with Crippen molar-refractivity contribution in [1.82, 2.24) is 4.72 Å². The van der Waals surface area contributed by atoms with Crippen LogP contribution >= 0.6 is 0 Å². The van der Waals surface area contributed by atoms with Gasteiger partial charge in [0.1, 0.15) is 0 Å². The molecule has 0 heterocycles. The lowest BCUT2D eigenvalue weighted by Gasteiger charge is -2.14. The zero-order valence-electron chi connectivity index (χ0n) is 10.8. The second kappa shape index (κ2) is 6.00. The highest BCUT2D eigenvalue weighted by Crippen LogP contribution is 2.14. The number of hydrogen-bond acceptors (Lipinski definition) is 5. The van der Waals surface area contributed by atoms with Crippen LogP contribution in [0.2, 0.25) is 0 Å². The van der Waals surface area contributed by atoms with Gasteiger partial charge in [-0.2, -0.15) is 0 Å². The number of benzene rings is 1. The molecule has 3 N–H and O–H groups in total. The summed E-state index contributed by atoms with van der Waals surface area (Å²) in [4.78, 5) is 0. The molecule has 0 spiro atoms. The van der Waals surface area contributed by atoms with Gasteiger partial charge in [0.2, 0.25) is 10.0 Å². The fraction of sp³-hybridized carbons (Fsp3) is 0.455. The molecule has 6 nitrogen and oxygen atoms in total. The van der Waals surface area contributed by atoms with E-state index in [0.717, 1.165) is 17.4 Å². The van der Waals surface area contributed by atoms with E-state index in [2.05, 4.69) is 4.72 Å². The standard InChI is InChI=1S/C11H18N2O4S2/c1-9(11-5-3-10(7-12)4-6-11)13-19(16,17)8-18(2,14)15/h3-6,9,13H,7-8,12H2,1-2H3. The molecular weight excluding hydrogens is 288 g/mol. The Hall–Kier alpha value is -0.960. The number of hydrogen-bond donors (Lipinski definition) is 2. The van der Waals surface area contributed by atoms with E-state index in [0.29, 0.717) is 6.54 Å². The molecule has 0 aliphatic rings. The number of sulfone groups is 1. The Morgan fingerprint density at radius 1 is 1.16 bits per heavy atom. The first-order valence-electron chi connectivity index (χ1n) is 5.59. The van der Waals surface area contributed by atoms with Crippen LogP contribution in [-0.2, 0) is 26.4 Å². The van der Waals surface area contributed by atoms with Crippen LogP contribution in [0, 0.1) is 0 Å². The van der Waals surface area contributed by atoms with Gasteiger partial charge in [0, 0.05) is 18.8 Å². The van der Waals surface area contributed by atoms with Gasteiger partial charge in [0.05, 0.1) is 0 Å². The van der Waals surface area contributed by atoms with E-state index in [1.54, 1.807) is 31.2 Å². The lowest BCUT2D eigenvalue weighted by molar-refractivity contribution is 0.568. The Kier molecular flexibility index (Phi) is 5.08. The average molecular weight is 306 g/mol. The molecule has 19 heavy (non-hydrogen) atoms. The third-order valence-corrected chi connectivity index (χ3v) is 6.11. The van der Waals surface area contributed by atoms with Crippen molar-refractivity contribution in [2.75, 3.05) is 11.3 Å². The van der Waals surface area contributed by atoms with Crippen LogP contribution in [0.25, 0.3) is 0 Å². The van der Waals surface area contributed by atoms with E-state index < -0.39 is 31.0 Å². The molecule has 1 atom stereocenters. The summed E-state index contributed by atoms with van der Waals surface area (Å²) in [6, 6.07) is 6.62. The largest absolute Gasteiger partial charge is 0.326 e. The normalized spacial score (nSPS) is 14.3. The highest BCUT2D eigenvalue weighted by Gasteiger charge is 2.20. The van der Waals surface area contributed by atoms with Crippen LogP contribution in [0.5, 0.6) is 0 Å². The Morgan fingerprint density at radius 2 is 1.68 bits per heavy atom. The van der Waals surface area contributed by atoms with E-state index in [-0.39, 0.29) is 0 Å². The van der Waals surface area contributed by atoms with Gasteiger partial charge < -0.3 is 5.73 Å². The van der Waals surface area contributed by atoms with Crippen molar-refractivity contribution >= 4 is 19.9 Å². The highest BCUT2D eigenvalue weighted by molar-refractivity contribution is 8.06. The third kappa shape index (κ3) is 5.68. The monoisotopic (exact) mass is 306 g/mol. The smallest absolute Gasteiger partial charge is 0.226 e. The lowest BCUT2D eigenvalue weighted by atomic mass is 10.1. The first kappa shape index (κ1) is 16.1. The molecule has 0 saturated heterocycles. The molecule has 1 aromatic carbocycles. The minimum Gasteiger partial charge on any atom is -0.326 e. The first-order valence-corrected chi connectivity index (χ1v) is 9.31. The average Bonchev–Trinajstić information content (AvgIpc) is 2.25. The molecule has 8 heteroatoms. The van der Waals surface area contributed by atoms with Gasteiger partial charge in [-0.05, 0) is 18.1 Å². The van der Waals surface area contributed by atoms with Crippen LogP contribution in [0.15, 0.2) is 24.3 Å². The SMILES string of the molecule is CC(NS(=O)(=O)CS(C)(=O)=O)c1ccc(CN)cc1. The predicted molar refractivity (Wildman–Crippen MR) is 74.5 cm³/mol. The molecule has 1 rings (SSSR count). The summed E-state index contributed by atoms with van der Waals surface area (Å²) in [5.74, 6) is 0. The van der Waals surface area contributed by atoms with E-state index >= 15 is 0 Å². The second-order valence-electron chi connectivity index (χ2n) is 4.44. The van der Waals surface area contributed by atoms with Gasteiger partial charge in [-0.25, -0.2) is 21.6 Å². The summed E-state index contributed by atoms with van der Waals surface area (Å²) in [5.41, 5.74) is 7.15. The fourth-order valence-corrected chi connectivity index (χ4v) is 4.80. The van der Waals surface area contributed by atoms with Gasteiger partial charge in [-0.15, -0.1) is 0 Å². The molecule has 1 unspecified atom stereocenters. The Morgan fingerprint density at radius 3 is 2.11 bits per heavy atom. The molecule has 0 radical (unpaired) electrons. The molecule has 0 aliphatic carbocycles. The van der Waals surface area contributed by atoms with Gasteiger partial charge in [0.25, 0.3) is 0 Å². The Bertz CT molecular complexity index is 621. The summed E-state index contributed by atoms with van der Waals surface area (Å²) in [6.45, 7) is 2.06.